The van der Waals surface area contributed by atoms with E-state index in [9.17, 15) is 4.39 Å². The minimum atomic E-state index is -0.196. The number of halogens is 1. The SMILES string of the molecule is Cc1cc(C)c(CC(CN)c2cccc(F)c2)c(C)c1. The van der Waals surface area contributed by atoms with Crippen molar-refractivity contribution in [3.05, 3.63) is 70.0 Å². The molecule has 0 amide bonds. The Kier molecular flexibility index (Phi) is 4.56. The number of benzene rings is 2. The summed E-state index contributed by atoms with van der Waals surface area (Å²) < 4.78 is 13.4. The highest BCUT2D eigenvalue weighted by Crippen LogP contribution is 2.25. The molecule has 20 heavy (non-hydrogen) atoms. The van der Waals surface area contributed by atoms with Crippen molar-refractivity contribution in [3.63, 3.8) is 0 Å². The molecule has 0 aromatic heterocycles. The van der Waals surface area contributed by atoms with Crippen LogP contribution in [0.25, 0.3) is 0 Å². The Labute approximate surface area is 120 Å². The standard InChI is InChI=1S/C18H22FN/c1-12-7-13(2)18(14(3)8-12)10-16(11-20)15-5-4-6-17(19)9-15/h4-9,16H,10-11,20H2,1-3H3. The summed E-state index contributed by atoms with van der Waals surface area (Å²) in [5, 5.41) is 0. The third-order valence-electron chi connectivity index (χ3n) is 3.90. The van der Waals surface area contributed by atoms with Crippen LogP contribution in [0.4, 0.5) is 4.39 Å². The number of rotatable bonds is 4. The lowest BCUT2D eigenvalue weighted by atomic mass is 9.87. The van der Waals surface area contributed by atoms with Crippen molar-refractivity contribution < 1.29 is 4.39 Å². The van der Waals surface area contributed by atoms with Crippen molar-refractivity contribution >= 4 is 0 Å². The van der Waals surface area contributed by atoms with Gasteiger partial charge in [0, 0.05) is 5.92 Å². The number of hydrogen-bond donors (Lipinski definition) is 1. The topological polar surface area (TPSA) is 26.0 Å². The van der Waals surface area contributed by atoms with Crippen LogP contribution in [-0.4, -0.2) is 6.54 Å². The highest BCUT2D eigenvalue weighted by atomic mass is 19.1. The molecule has 0 spiro atoms. The second-order valence-corrected chi connectivity index (χ2v) is 5.57. The van der Waals surface area contributed by atoms with Crippen LogP contribution in [0.15, 0.2) is 36.4 Å². The molecule has 0 radical (unpaired) electrons. The molecule has 0 bridgehead atoms. The molecule has 2 aromatic carbocycles. The van der Waals surface area contributed by atoms with Crippen LogP contribution in [-0.2, 0) is 6.42 Å². The van der Waals surface area contributed by atoms with Crippen molar-refractivity contribution in [3.8, 4) is 0 Å². The van der Waals surface area contributed by atoms with Crippen LogP contribution in [0.1, 0.15) is 33.7 Å². The zero-order chi connectivity index (χ0) is 14.7. The predicted octanol–water partition coefficient (Wildman–Crippen LogP) is 4.04. The van der Waals surface area contributed by atoms with Crippen molar-refractivity contribution in [1.29, 1.82) is 0 Å². The minimum Gasteiger partial charge on any atom is -0.330 e. The second-order valence-electron chi connectivity index (χ2n) is 5.57. The first-order valence-electron chi connectivity index (χ1n) is 7.03. The van der Waals surface area contributed by atoms with Gasteiger partial charge < -0.3 is 5.73 Å². The van der Waals surface area contributed by atoms with E-state index in [1.54, 1.807) is 12.1 Å². The second kappa shape index (κ2) is 6.19. The maximum absolute atomic E-state index is 13.4. The first kappa shape index (κ1) is 14.7. The molecule has 2 aromatic rings. The van der Waals surface area contributed by atoms with Gasteiger partial charge in [-0.25, -0.2) is 4.39 Å². The summed E-state index contributed by atoms with van der Waals surface area (Å²) in [6.07, 6.45) is 0.859. The Bertz CT molecular complexity index is 581. The van der Waals surface area contributed by atoms with E-state index < -0.39 is 0 Å². The smallest absolute Gasteiger partial charge is 0.123 e. The lowest BCUT2D eigenvalue weighted by molar-refractivity contribution is 0.616. The molecular weight excluding hydrogens is 249 g/mol. The summed E-state index contributed by atoms with van der Waals surface area (Å²) in [5.74, 6) is -0.0379. The third kappa shape index (κ3) is 3.26. The van der Waals surface area contributed by atoms with Crippen LogP contribution < -0.4 is 5.73 Å². The molecular formula is C18H22FN. The Balaban J connectivity index is 2.32. The average Bonchev–Trinajstić information content (AvgIpc) is 2.38. The summed E-state index contributed by atoms with van der Waals surface area (Å²) in [6.45, 7) is 6.90. The first-order chi connectivity index (χ1) is 9.51. The first-order valence-corrected chi connectivity index (χ1v) is 7.03. The maximum Gasteiger partial charge on any atom is 0.123 e. The lowest BCUT2D eigenvalue weighted by Gasteiger charge is -2.19. The van der Waals surface area contributed by atoms with Gasteiger partial charge in [0.1, 0.15) is 5.82 Å². The van der Waals surface area contributed by atoms with Gasteiger partial charge in [-0.3, -0.25) is 0 Å². The Morgan fingerprint density at radius 2 is 1.70 bits per heavy atom. The van der Waals surface area contributed by atoms with Gasteiger partial charge in [0.25, 0.3) is 0 Å². The summed E-state index contributed by atoms with van der Waals surface area (Å²) in [7, 11) is 0. The van der Waals surface area contributed by atoms with Gasteiger partial charge in [0.15, 0.2) is 0 Å². The van der Waals surface area contributed by atoms with Crippen LogP contribution in [0.3, 0.4) is 0 Å². The van der Waals surface area contributed by atoms with Gasteiger partial charge in [-0.05, 0) is 68.1 Å². The van der Waals surface area contributed by atoms with Gasteiger partial charge in [0.2, 0.25) is 0 Å². The van der Waals surface area contributed by atoms with Gasteiger partial charge >= 0.3 is 0 Å². The van der Waals surface area contributed by atoms with Crippen molar-refractivity contribution in [2.45, 2.75) is 33.1 Å². The fraction of sp³-hybridized carbons (Fsp3) is 0.333. The molecule has 0 fully saturated rings. The van der Waals surface area contributed by atoms with Crippen LogP contribution in [0, 0.1) is 26.6 Å². The molecule has 0 heterocycles. The fourth-order valence-corrected chi connectivity index (χ4v) is 2.88. The molecule has 0 aliphatic carbocycles. The zero-order valence-corrected chi connectivity index (χ0v) is 12.4. The van der Waals surface area contributed by atoms with E-state index in [4.69, 9.17) is 5.73 Å². The van der Waals surface area contributed by atoms with E-state index in [1.165, 1.54) is 28.3 Å². The average molecular weight is 271 g/mol. The molecule has 0 aliphatic rings. The molecule has 2 heteroatoms. The highest BCUT2D eigenvalue weighted by molar-refractivity contribution is 5.39. The van der Waals surface area contributed by atoms with Crippen LogP contribution in [0.2, 0.25) is 0 Å². The fourth-order valence-electron chi connectivity index (χ4n) is 2.88. The summed E-state index contributed by atoms with van der Waals surface area (Å²) in [4.78, 5) is 0. The van der Waals surface area contributed by atoms with E-state index in [0.717, 1.165) is 12.0 Å². The monoisotopic (exact) mass is 271 g/mol. The molecule has 0 aliphatic heterocycles. The normalized spacial score (nSPS) is 12.4. The predicted molar refractivity (Wildman–Crippen MR) is 82.6 cm³/mol. The van der Waals surface area contributed by atoms with Crippen molar-refractivity contribution in [2.24, 2.45) is 5.73 Å². The molecule has 1 unspecified atom stereocenters. The summed E-state index contributed by atoms with van der Waals surface area (Å²) in [5.41, 5.74) is 12.1. The van der Waals surface area contributed by atoms with E-state index in [-0.39, 0.29) is 11.7 Å². The van der Waals surface area contributed by atoms with Gasteiger partial charge in [-0.2, -0.15) is 0 Å². The van der Waals surface area contributed by atoms with Gasteiger partial charge in [-0.15, -0.1) is 0 Å². The minimum absolute atomic E-state index is 0.158. The number of hydrogen-bond acceptors (Lipinski definition) is 1. The van der Waals surface area contributed by atoms with Crippen molar-refractivity contribution in [1.82, 2.24) is 0 Å². The van der Waals surface area contributed by atoms with Crippen molar-refractivity contribution in [2.75, 3.05) is 6.54 Å². The third-order valence-corrected chi connectivity index (χ3v) is 3.90. The Hall–Kier alpha value is -1.67. The molecule has 106 valence electrons. The molecule has 2 rings (SSSR count). The van der Waals surface area contributed by atoms with E-state index >= 15 is 0 Å². The quantitative estimate of drug-likeness (QED) is 0.892. The van der Waals surface area contributed by atoms with E-state index in [0.29, 0.717) is 6.54 Å². The molecule has 0 saturated carbocycles. The number of aryl methyl sites for hydroxylation is 3. The zero-order valence-electron chi connectivity index (χ0n) is 12.4. The largest absolute Gasteiger partial charge is 0.330 e. The van der Waals surface area contributed by atoms with E-state index in [2.05, 4.69) is 32.9 Å². The Morgan fingerprint density at radius 1 is 1.05 bits per heavy atom. The molecule has 2 N–H and O–H groups in total. The lowest BCUT2D eigenvalue weighted by Crippen LogP contribution is -2.16. The van der Waals surface area contributed by atoms with Crippen LogP contribution in [0.5, 0.6) is 0 Å². The Morgan fingerprint density at radius 3 is 2.25 bits per heavy atom. The highest BCUT2D eigenvalue weighted by Gasteiger charge is 2.14. The van der Waals surface area contributed by atoms with Gasteiger partial charge in [0.05, 0.1) is 0 Å². The molecule has 1 nitrogen and oxygen atoms in total. The summed E-state index contributed by atoms with van der Waals surface area (Å²) in [6, 6.07) is 11.2. The summed E-state index contributed by atoms with van der Waals surface area (Å²) >= 11 is 0. The molecule has 1 atom stereocenters. The number of nitrogens with two attached hydrogens (primary N) is 1. The van der Waals surface area contributed by atoms with Gasteiger partial charge in [-0.1, -0.05) is 29.8 Å². The molecule has 0 saturated heterocycles. The van der Waals surface area contributed by atoms with E-state index in [1.807, 2.05) is 6.07 Å². The van der Waals surface area contributed by atoms with Crippen LogP contribution >= 0.6 is 0 Å². The maximum atomic E-state index is 13.4.